The Kier molecular flexibility index (Phi) is 2.06. The van der Waals surface area contributed by atoms with E-state index >= 15 is 0 Å². The largest absolute Gasteiger partial charge is 0.325 e. The Morgan fingerprint density at radius 2 is 2.17 bits per heavy atom. The number of rotatable bonds is 1. The Bertz CT molecular complexity index is 404. The molecule has 0 unspecified atom stereocenters. The predicted molar refractivity (Wildman–Crippen MR) is 36.9 cm³/mol. The second-order valence-corrected chi connectivity index (χ2v) is 1.93. The molecule has 7 heteroatoms. The van der Waals surface area contributed by atoms with Crippen molar-refractivity contribution in [1.82, 2.24) is 15.4 Å². The van der Waals surface area contributed by atoms with Crippen LogP contribution < -0.4 is 16.7 Å². The van der Waals surface area contributed by atoms with Gasteiger partial charge in [0.05, 0.1) is 0 Å². The molecule has 0 fully saturated rings. The fraction of sp³-hybridized carbons (Fsp3) is 0. The molecule has 1 rings (SSSR count). The first-order valence-corrected chi connectivity index (χ1v) is 2.91. The molecule has 1 amide bonds. The Morgan fingerprint density at radius 3 is 2.67 bits per heavy atom. The van der Waals surface area contributed by atoms with Crippen molar-refractivity contribution < 1.29 is 10.0 Å². The maximum absolute atomic E-state index is 10.8. The summed E-state index contributed by atoms with van der Waals surface area (Å²) >= 11 is 0. The number of hydrogen-bond donors (Lipinski definition) is 4. The zero-order valence-corrected chi connectivity index (χ0v) is 5.75. The van der Waals surface area contributed by atoms with Crippen LogP contribution in [0.1, 0.15) is 10.4 Å². The molecule has 4 N–H and O–H groups in total. The summed E-state index contributed by atoms with van der Waals surface area (Å²) in [6, 6.07) is 0. The second-order valence-electron chi connectivity index (χ2n) is 1.93. The van der Waals surface area contributed by atoms with Gasteiger partial charge in [-0.15, -0.1) is 0 Å². The van der Waals surface area contributed by atoms with Crippen LogP contribution in [0, 0.1) is 0 Å². The van der Waals surface area contributed by atoms with Crippen molar-refractivity contribution in [2.24, 2.45) is 0 Å². The van der Waals surface area contributed by atoms with Crippen LogP contribution in [0.4, 0.5) is 0 Å². The maximum atomic E-state index is 10.8. The molecule has 0 aliphatic rings. The average molecular weight is 171 g/mol. The molecular weight excluding hydrogens is 166 g/mol. The van der Waals surface area contributed by atoms with Crippen molar-refractivity contribution in [3.05, 3.63) is 32.6 Å². The fourth-order valence-electron chi connectivity index (χ4n) is 0.639. The summed E-state index contributed by atoms with van der Waals surface area (Å²) in [5.74, 6) is -0.979. The van der Waals surface area contributed by atoms with Crippen molar-refractivity contribution in [1.29, 1.82) is 0 Å². The van der Waals surface area contributed by atoms with E-state index < -0.39 is 17.2 Å². The summed E-state index contributed by atoms with van der Waals surface area (Å²) in [4.78, 5) is 35.8. The summed E-state index contributed by atoms with van der Waals surface area (Å²) in [6.07, 6.45) is 0.909. The number of hydroxylamine groups is 1. The highest BCUT2D eigenvalue weighted by Crippen LogP contribution is 1.81. The minimum atomic E-state index is -0.979. The SMILES string of the molecule is O=C(NO)c1c[nH]c(=O)[nH]c1=O. The standard InChI is InChI=1S/C5H5N3O4/c9-3-2(4(10)8-12)1-6-5(11)7-3/h1,12H,(H,8,10)(H2,6,7,9,11). The topological polar surface area (TPSA) is 115 Å². The van der Waals surface area contributed by atoms with E-state index in [0.717, 1.165) is 6.20 Å². The normalized spacial score (nSPS) is 9.42. The highest BCUT2D eigenvalue weighted by Gasteiger charge is 2.08. The van der Waals surface area contributed by atoms with Crippen molar-refractivity contribution in [2.45, 2.75) is 0 Å². The van der Waals surface area contributed by atoms with Crippen molar-refractivity contribution in [3.8, 4) is 0 Å². The van der Waals surface area contributed by atoms with Crippen LogP contribution in [0.25, 0.3) is 0 Å². The molecule has 0 saturated carbocycles. The number of carbonyl (C=O) groups is 1. The third-order valence-electron chi connectivity index (χ3n) is 1.17. The molecule has 0 aromatic carbocycles. The Morgan fingerprint density at radius 1 is 1.50 bits per heavy atom. The summed E-state index contributed by atoms with van der Waals surface area (Å²) in [7, 11) is 0. The van der Waals surface area contributed by atoms with Gasteiger partial charge in [-0.2, -0.15) is 0 Å². The van der Waals surface area contributed by atoms with Gasteiger partial charge in [0.15, 0.2) is 0 Å². The molecular formula is C5H5N3O4. The summed E-state index contributed by atoms with van der Waals surface area (Å²) < 4.78 is 0. The maximum Gasteiger partial charge on any atom is 0.325 e. The summed E-state index contributed by atoms with van der Waals surface area (Å²) in [5.41, 5.74) is -0.673. The predicted octanol–water partition coefficient (Wildman–Crippen LogP) is -1.82. The first-order valence-electron chi connectivity index (χ1n) is 2.91. The van der Waals surface area contributed by atoms with Gasteiger partial charge in [0, 0.05) is 6.20 Å². The molecule has 1 aromatic heterocycles. The van der Waals surface area contributed by atoms with E-state index in [0.29, 0.717) is 0 Å². The zero-order valence-electron chi connectivity index (χ0n) is 5.75. The third kappa shape index (κ3) is 1.40. The van der Waals surface area contributed by atoms with Gasteiger partial charge in [-0.3, -0.25) is 19.8 Å². The van der Waals surface area contributed by atoms with Gasteiger partial charge in [-0.05, 0) is 0 Å². The van der Waals surface area contributed by atoms with Crippen molar-refractivity contribution >= 4 is 5.91 Å². The van der Waals surface area contributed by atoms with E-state index in [2.05, 4.69) is 4.98 Å². The van der Waals surface area contributed by atoms with Crippen LogP contribution in [0.15, 0.2) is 15.8 Å². The van der Waals surface area contributed by atoms with Crippen LogP contribution in [0.3, 0.4) is 0 Å². The smallest absolute Gasteiger partial charge is 0.313 e. The Hall–Kier alpha value is -1.89. The van der Waals surface area contributed by atoms with Crippen LogP contribution >= 0.6 is 0 Å². The van der Waals surface area contributed by atoms with Gasteiger partial charge in [0.2, 0.25) is 0 Å². The molecule has 0 radical (unpaired) electrons. The van der Waals surface area contributed by atoms with Crippen molar-refractivity contribution in [3.63, 3.8) is 0 Å². The van der Waals surface area contributed by atoms with E-state index in [9.17, 15) is 14.4 Å². The van der Waals surface area contributed by atoms with E-state index in [-0.39, 0.29) is 5.56 Å². The van der Waals surface area contributed by atoms with Gasteiger partial charge in [-0.25, -0.2) is 10.3 Å². The fourth-order valence-corrected chi connectivity index (χ4v) is 0.639. The Labute approximate surface area is 65.0 Å². The van der Waals surface area contributed by atoms with Gasteiger partial charge in [0.1, 0.15) is 5.56 Å². The lowest BCUT2D eigenvalue weighted by Crippen LogP contribution is -2.31. The molecule has 0 atom stereocenters. The molecule has 1 heterocycles. The minimum absolute atomic E-state index is 0.364. The Balaban J connectivity index is 3.28. The molecule has 0 bridgehead atoms. The number of amides is 1. The van der Waals surface area contributed by atoms with Gasteiger partial charge < -0.3 is 4.98 Å². The number of aromatic amines is 2. The van der Waals surface area contributed by atoms with Crippen LogP contribution in [0.2, 0.25) is 0 Å². The molecule has 0 saturated heterocycles. The number of hydrogen-bond acceptors (Lipinski definition) is 4. The quantitative estimate of drug-likeness (QED) is 0.294. The number of aromatic nitrogens is 2. The third-order valence-corrected chi connectivity index (χ3v) is 1.17. The molecule has 1 aromatic rings. The first kappa shape index (κ1) is 8.21. The van der Waals surface area contributed by atoms with Crippen LogP contribution in [-0.2, 0) is 0 Å². The lowest BCUT2D eigenvalue weighted by atomic mass is 10.3. The summed E-state index contributed by atoms with van der Waals surface area (Å²) in [5, 5.41) is 8.14. The molecule has 0 aliphatic carbocycles. The van der Waals surface area contributed by atoms with Gasteiger partial charge in [0.25, 0.3) is 11.5 Å². The number of carbonyl (C=O) groups excluding carboxylic acids is 1. The number of H-pyrrole nitrogens is 2. The number of nitrogens with one attached hydrogen (secondary N) is 3. The molecule has 0 spiro atoms. The molecule has 7 nitrogen and oxygen atoms in total. The lowest BCUT2D eigenvalue weighted by Gasteiger charge is -1.94. The van der Waals surface area contributed by atoms with E-state index in [1.165, 1.54) is 5.48 Å². The van der Waals surface area contributed by atoms with Crippen molar-refractivity contribution in [2.75, 3.05) is 0 Å². The monoisotopic (exact) mass is 171 g/mol. The lowest BCUT2D eigenvalue weighted by molar-refractivity contribution is 0.0704. The molecule has 64 valence electrons. The second kappa shape index (κ2) is 3.01. The molecule has 0 aliphatic heterocycles. The highest BCUT2D eigenvalue weighted by molar-refractivity contribution is 5.92. The highest BCUT2D eigenvalue weighted by atomic mass is 16.5. The minimum Gasteiger partial charge on any atom is -0.313 e. The van der Waals surface area contributed by atoms with Gasteiger partial charge in [-0.1, -0.05) is 0 Å². The van der Waals surface area contributed by atoms with E-state index in [1.54, 1.807) is 0 Å². The van der Waals surface area contributed by atoms with Gasteiger partial charge >= 0.3 is 5.69 Å². The van der Waals surface area contributed by atoms with E-state index in [1.807, 2.05) is 4.98 Å². The molecule has 12 heavy (non-hydrogen) atoms. The van der Waals surface area contributed by atoms with Crippen LogP contribution in [0.5, 0.6) is 0 Å². The zero-order chi connectivity index (χ0) is 9.14. The average Bonchev–Trinajstić information content (AvgIpc) is 2.03. The van der Waals surface area contributed by atoms with E-state index in [4.69, 9.17) is 5.21 Å². The van der Waals surface area contributed by atoms with Crippen LogP contribution in [-0.4, -0.2) is 21.1 Å². The summed E-state index contributed by atoms with van der Waals surface area (Å²) in [6.45, 7) is 0. The first-order chi connectivity index (χ1) is 5.65.